The van der Waals surface area contributed by atoms with E-state index in [1.165, 1.54) is 0 Å². The monoisotopic (exact) mass is 393 g/mol. The first-order valence-corrected chi connectivity index (χ1v) is 8.64. The van der Waals surface area contributed by atoms with Gasteiger partial charge in [-0.05, 0) is 42.7 Å². The van der Waals surface area contributed by atoms with E-state index in [4.69, 9.17) is 23.1 Å². The SMILES string of the molecule is CC(C)CC(Nc1nc(Nc2ccc(Cl)cc2)c(C(N)=O)cc1F)C(N)=O. The lowest BCUT2D eigenvalue weighted by Crippen LogP contribution is -2.37. The van der Waals surface area contributed by atoms with Crippen LogP contribution in [0.1, 0.15) is 30.6 Å². The van der Waals surface area contributed by atoms with E-state index in [0.29, 0.717) is 17.1 Å². The van der Waals surface area contributed by atoms with Crippen LogP contribution >= 0.6 is 11.6 Å². The molecule has 1 aromatic heterocycles. The molecule has 1 heterocycles. The summed E-state index contributed by atoms with van der Waals surface area (Å²) in [5.74, 6) is -2.31. The summed E-state index contributed by atoms with van der Waals surface area (Å²) in [6.45, 7) is 3.82. The number of anilines is 3. The Balaban J connectivity index is 2.39. The molecule has 0 fully saturated rings. The highest BCUT2D eigenvalue weighted by Crippen LogP contribution is 2.25. The lowest BCUT2D eigenvalue weighted by molar-refractivity contribution is -0.119. The van der Waals surface area contributed by atoms with E-state index >= 15 is 0 Å². The third-order valence-electron chi connectivity index (χ3n) is 3.71. The van der Waals surface area contributed by atoms with Crippen LogP contribution < -0.4 is 22.1 Å². The summed E-state index contributed by atoms with van der Waals surface area (Å²) in [5.41, 5.74) is 11.1. The number of rotatable bonds is 8. The van der Waals surface area contributed by atoms with Crippen LogP contribution in [0.5, 0.6) is 0 Å². The lowest BCUT2D eigenvalue weighted by atomic mass is 10.0. The highest BCUT2D eigenvalue weighted by Gasteiger charge is 2.22. The van der Waals surface area contributed by atoms with Gasteiger partial charge in [-0.1, -0.05) is 25.4 Å². The fourth-order valence-corrected chi connectivity index (χ4v) is 2.55. The van der Waals surface area contributed by atoms with Gasteiger partial charge in [0, 0.05) is 10.7 Å². The van der Waals surface area contributed by atoms with E-state index < -0.39 is 23.7 Å². The van der Waals surface area contributed by atoms with Crippen molar-refractivity contribution in [2.45, 2.75) is 26.3 Å². The molecule has 1 atom stereocenters. The van der Waals surface area contributed by atoms with Gasteiger partial charge in [-0.25, -0.2) is 9.37 Å². The zero-order valence-electron chi connectivity index (χ0n) is 14.9. The number of aromatic nitrogens is 1. The van der Waals surface area contributed by atoms with Crippen LogP contribution in [0.15, 0.2) is 30.3 Å². The molecule has 144 valence electrons. The van der Waals surface area contributed by atoms with Crippen LogP contribution in [0.3, 0.4) is 0 Å². The number of carbonyl (C=O) groups excluding carboxylic acids is 2. The molecule has 1 unspecified atom stereocenters. The maximum Gasteiger partial charge on any atom is 0.252 e. The number of primary amides is 2. The quantitative estimate of drug-likeness (QED) is 0.549. The van der Waals surface area contributed by atoms with Crippen molar-refractivity contribution < 1.29 is 14.0 Å². The van der Waals surface area contributed by atoms with Crippen LogP contribution in [-0.4, -0.2) is 22.8 Å². The molecule has 0 saturated heterocycles. The summed E-state index contributed by atoms with van der Waals surface area (Å²) in [6, 6.07) is 6.76. The number of pyridine rings is 1. The van der Waals surface area contributed by atoms with Gasteiger partial charge < -0.3 is 22.1 Å². The van der Waals surface area contributed by atoms with Crippen molar-refractivity contribution in [2.75, 3.05) is 10.6 Å². The predicted octanol–water partition coefficient (Wildman–Crippen LogP) is 3.03. The molecule has 1 aromatic carbocycles. The summed E-state index contributed by atoms with van der Waals surface area (Å²) < 4.78 is 14.4. The van der Waals surface area contributed by atoms with Crippen molar-refractivity contribution in [3.63, 3.8) is 0 Å². The number of nitrogens with zero attached hydrogens (tertiary/aromatic N) is 1. The Hall–Kier alpha value is -2.87. The Morgan fingerprint density at radius 3 is 2.33 bits per heavy atom. The summed E-state index contributed by atoms with van der Waals surface area (Å²) in [4.78, 5) is 27.4. The van der Waals surface area contributed by atoms with Gasteiger partial charge in [0.1, 0.15) is 11.9 Å². The first-order chi connectivity index (χ1) is 12.7. The van der Waals surface area contributed by atoms with E-state index in [1.807, 2.05) is 13.8 Å². The minimum atomic E-state index is -0.849. The largest absolute Gasteiger partial charge is 0.368 e. The standard InChI is InChI=1S/C18H21ClFN5O2/c1-9(2)7-14(16(22)27)24-18-13(20)8-12(15(21)26)17(25-18)23-11-5-3-10(19)4-6-11/h3-6,8-9,14H,7H2,1-2H3,(H2,21,26)(H2,22,27)(H2,23,24,25). The number of benzene rings is 1. The van der Waals surface area contributed by atoms with Gasteiger partial charge in [-0.2, -0.15) is 0 Å². The van der Waals surface area contributed by atoms with E-state index in [-0.39, 0.29) is 23.1 Å². The topological polar surface area (TPSA) is 123 Å². The Morgan fingerprint density at radius 1 is 1.19 bits per heavy atom. The zero-order chi connectivity index (χ0) is 20.1. The summed E-state index contributed by atoms with van der Waals surface area (Å²) in [7, 11) is 0. The third-order valence-corrected chi connectivity index (χ3v) is 3.96. The normalized spacial score (nSPS) is 11.9. The molecule has 0 aliphatic carbocycles. The molecule has 0 aliphatic rings. The molecule has 6 N–H and O–H groups in total. The average Bonchev–Trinajstić information content (AvgIpc) is 2.58. The number of hydrogen-bond donors (Lipinski definition) is 4. The molecular formula is C18H21ClFN5O2. The maximum absolute atomic E-state index is 14.4. The van der Waals surface area contributed by atoms with Gasteiger partial charge in [0.15, 0.2) is 11.6 Å². The summed E-state index contributed by atoms with van der Waals surface area (Å²) in [6.07, 6.45) is 0.397. The number of halogens is 2. The highest BCUT2D eigenvalue weighted by atomic mass is 35.5. The van der Waals surface area contributed by atoms with Crippen molar-refractivity contribution in [1.82, 2.24) is 4.98 Å². The van der Waals surface area contributed by atoms with Crippen LogP contribution in [0.4, 0.5) is 21.7 Å². The fraction of sp³-hybridized carbons (Fsp3) is 0.278. The molecule has 0 saturated carbocycles. The number of hydrogen-bond acceptors (Lipinski definition) is 5. The number of nitrogens with two attached hydrogens (primary N) is 2. The van der Waals surface area contributed by atoms with Gasteiger partial charge in [0.2, 0.25) is 5.91 Å². The van der Waals surface area contributed by atoms with Crippen molar-refractivity contribution in [2.24, 2.45) is 17.4 Å². The minimum Gasteiger partial charge on any atom is -0.368 e. The van der Waals surface area contributed by atoms with Crippen molar-refractivity contribution in [3.05, 3.63) is 46.7 Å². The second-order valence-electron chi connectivity index (χ2n) is 6.44. The second kappa shape index (κ2) is 8.68. The first kappa shape index (κ1) is 20.4. The Kier molecular flexibility index (Phi) is 6.57. The van der Waals surface area contributed by atoms with Gasteiger partial charge in [0.25, 0.3) is 5.91 Å². The average molecular weight is 394 g/mol. The van der Waals surface area contributed by atoms with E-state index in [1.54, 1.807) is 24.3 Å². The van der Waals surface area contributed by atoms with Crippen LogP contribution in [0.25, 0.3) is 0 Å². The number of nitrogens with one attached hydrogen (secondary N) is 2. The predicted molar refractivity (Wildman–Crippen MR) is 104 cm³/mol. The molecule has 0 aliphatic heterocycles. The van der Waals surface area contributed by atoms with E-state index in [0.717, 1.165) is 6.07 Å². The molecular weight excluding hydrogens is 373 g/mol. The Labute approximate surface area is 161 Å². The highest BCUT2D eigenvalue weighted by molar-refractivity contribution is 6.30. The molecule has 0 radical (unpaired) electrons. The molecule has 2 aromatic rings. The molecule has 0 bridgehead atoms. The summed E-state index contributed by atoms with van der Waals surface area (Å²) in [5, 5.41) is 6.13. The Morgan fingerprint density at radius 2 is 1.81 bits per heavy atom. The number of carbonyl (C=O) groups is 2. The van der Waals surface area contributed by atoms with Gasteiger partial charge >= 0.3 is 0 Å². The third kappa shape index (κ3) is 5.55. The maximum atomic E-state index is 14.4. The van der Waals surface area contributed by atoms with Crippen molar-refractivity contribution >= 4 is 40.7 Å². The molecule has 0 spiro atoms. The van der Waals surface area contributed by atoms with Gasteiger partial charge in [-0.3, -0.25) is 9.59 Å². The van der Waals surface area contributed by atoms with Crippen molar-refractivity contribution in [1.29, 1.82) is 0 Å². The molecule has 2 rings (SSSR count). The Bertz CT molecular complexity index is 842. The fourth-order valence-electron chi connectivity index (χ4n) is 2.43. The van der Waals surface area contributed by atoms with Gasteiger partial charge in [-0.15, -0.1) is 0 Å². The lowest BCUT2D eigenvalue weighted by Gasteiger charge is -2.19. The van der Waals surface area contributed by atoms with Crippen molar-refractivity contribution in [3.8, 4) is 0 Å². The van der Waals surface area contributed by atoms with E-state index in [9.17, 15) is 14.0 Å². The molecule has 2 amide bonds. The first-order valence-electron chi connectivity index (χ1n) is 8.26. The minimum absolute atomic E-state index is 0.0430. The van der Waals surface area contributed by atoms with Gasteiger partial charge in [0.05, 0.1) is 5.56 Å². The molecule has 9 heteroatoms. The smallest absolute Gasteiger partial charge is 0.252 e. The summed E-state index contributed by atoms with van der Waals surface area (Å²) >= 11 is 5.85. The van der Waals surface area contributed by atoms with Crippen LogP contribution in [0, 0.1) is 11.7 Å². The molecule has 27 heavy (non-hydrogen) atoms. The van der Waals surface area contributed by atoms with Crippen LogP contribution in [0.2, 0.25) is 5.02 Å². The van der Waals surface area contributed by atoms with Crippen LogP contribution in [-0.2, 0) is 4.79 Å². The second-order valence-corrected chi connectivity index (χ2v) is 6.88. The van der Waals surface area contributed by atoms with E-state index in [2.05, 4.69) is 15.6 Å². The zero-order valence-corrected chi connectivity index (χ0v) is 15.7. The molecule has 7 nitrogen and oxygen atoms in total. The number of amides is 2.